The molecule has 2 N–H and O–H groups in total. The molecule has 20 heavy (non-hydrogen) atoms. The fourth-order valence-electron chi connectivity index (χ4n) is 1.82. The molecule has 4 nitrogen and oxygen atoms in total. The van der Waals surface area contributed by atoms with Gasteiger partial charge in [-0.25, -0.2) is 4.98 Å². The lowest BCUT2D eigenvalue weighted by molar-refractivity contribution is 0.0789. The smallest absolute Gasteiger partial charge is 0.265 e. The van der Waals surface area contributed by atoms with Crippen LogP contribution in [0.25, 0.3) is 0 Å². The number of carbonyl (C=O) groups is 1. The van der Waals surface area contributed by atoms with E-state index >= 15 is 0 Å². The molecule has 0 saturated carbocycles. The van der Waals surface area contributed by atoms with Crippen LogP contribution in [0.15, 0.2) is 30.5 Å². The number of aryl methyl sites for hydroxylation is 1. The monoisotopic (exact) mass is 305 g/mol. The third kappa shape index (κ3) is 3.40. The van der Waals surface area contributed by atoms with Crippen molar-refractivity contribution in [3.8, 4) is 0 Å². The zero-order valence-electron chi connectivity index (χ0n) is 11.3. The number of nitrogens with two attached hydrogens (primary N) is 1. The van der Waals surface area contributed by atoms with Gasteiger partial charge in [-0.3, -0.25) is 4.79 Å². The largest absolute Gasteiger partial charge is 0.389 e. The van der Waals surface area contributed by atoms with E-state index in [1.807, 2.05) is 31.2 Å². The zero-order valence-corrected chi connectivity index (χ0v) is 12.9. The quantitative estimate of drug-likeness (QED) is 0.881. The molecule has 0 unspecified atom stereocenters. The summed E-state index contributed by atoms with van der Waals surface area (Å²) in [7, 11) is 1.77. The second kappa shape index (κ2) is 6.11. The van der Waals surface area contributed by atoms with E-state index < -0.39 is 0 Å². The highest BCUT2D eigenvalue weighted by Crippen LogP contribution is 2.15. The average molecular weight is 305 g/mol. The average Bonchev–Trinajstić information content (AvgIpc) is 2.84. The van der Waals surface area contributed by atoms with Crippen LogP contribution in [0.4, 0.5) is 0 Å². The Morgan fingerprint density at radius 3 is 2.85 bits per heavy atom. The molecule has 1 aromatic heterocycles. The van der Waals surface area contributed by atoms with Crippen molar-refractivity contribution in [2.45, 2.75) is 13.5 Å². The standard InChI is InChI=1S/C14H15N3OS2/c1-9-16-7-12(20-9)14(18)17(2)8-10-4-3-5-11(6-10)13(15)19/h3-7H,8H2,1-2H3,(H2,15,19). The van der Waals surface area contributed by atoms with Crippen molar-refractivity contribution in [1.29, 1.82) is 0 Å². The SMILES string of the molecule is Cc1ncc(C(=O)N(C)Cc2cccc(C(N)=S)c2)s1. The molecule has 2 rings (SSSR count). The van der Waals surface area contributed by atoms with E-state index in [-0.39, 0.29) is 5.91 Å². The van der Waals surface area contributed by atoms with Crippen molar-refractivity contribution >= 4 is 34.5 Å². The maximum atomic E-state index is 12.2. The molecule has 0 bridgehead atoms. The van der Waals surface area contributed by atoms with Gasteiger partial charge in [-0.15, -0.1) is 11.3 Å². The third-order valence-corrected chi connectivity index (χ3v) is 3.95. The molecule has 0 spiro atoms. The molecule has 0 aliphatic heterocycles. The molecule has 1 aromatic carbocycles. The van der Waals surface area contributed by atoms with Gasteiger partial charge in [-0.2, -0.15) is 0 Å². The summed E-state index contributed by atoms with van der Waals surface area (Å²) in [6.07, 6.45) is 1.62. The highest BCUT2D eigenvalue weighted by molar-refractivity contribution is 7.80. The Hall–Kier alpha value is -1.79. The van der Waals surface area contributed by atoms with Gasteiger partial charge in [0.25, 0.3) is 5.91 Å². The molecular formula is C14H15N3OS2. The van der Waals surface area contributed by atoms with Crippen molar-refractivity contribution in [1.82, 2.24) is 9.88 Å². The van der Waals surface area contributed by atoms with Crippen molar-refractivity contribution < 1.29 is 4.79 Å². The van der Waals surface area contributed by atoms with Crippen LogP contribution in [0.2, 0.25) is 0 Å². The first-order valence-electron chi connectivity index (χ1n) is 6.04. The number of benzene rings is 1. The Morgan fingerprint density at radius 2 is 2.25 bits per heavy atom. The predicted octanol–water partition coefficient (Wildman–Crippen LogP) is 2.36. The lowest BCUT2D eigenvalue weighted by atomic mass is 10.1. The number of amides is 1. The van der Waals surface area contributed by atoms with Crippen LogP contribution in [0.3, 0.4) is 0 Å². The Balaban J connectivity index is 2.11. The topological polar surface area (TPSA) is 59.2 Å². The van der Waals surface area contributed by atoms with Gasteiger partial charge in [-0.1, -0.05) is 30.4 Å². The van der Waals surface area contributed by atoms with Crippen LogP contribution in [0.1, 0.15) is 25.8 Å². The van der Waals surface area contributed by atoms with E-state index in [1.54, 1.807) is 18.1 Å². The highest BCUT2D eigenvalue weighted by atomic mass is 32.1. The van der Waals surface area contributed by atoms with Gasteiger partial charge in [0.05, 0.1) is 11.2 Å². The van der Waals surface area contributed by atoms with Gasteiger partial charge in [0.1, 0.15) is 9.87 Å². The molecule has 2 aromatic rings. The summed E-state index contributed by atoms with van der Waals surface area (Å²) in [5, 5.41) is 0.886. The van der Waals surface area contributed by atoms with Crippen molar-refractivity contribution in [3.63, 3.8) is 0 Å². The van der Waals surface area contributed by atoms with Gasteiger partial charge < -0.3 is 10.6 Å². The number of thiocarbonyl (C=S) groups is 1. The fraction of sp³-hybridized carbons (Fsp3) is 0.214. The van der Waals surface area contributed by atoms with E-state index in [0.29, 0.717) is 16.4 Å². The minimum absolute atomic E-state index is 0.0312. The third-order valence-electron chi connectivity index (χ3n) is 2.81. The molecule has 0 atom stereocenters. The highest BCUT2D eigenvalue weighted by Gasteiger charge is 2.14. The van der Waals surface area contributed by atoms with E-state index in [0.717, 1.165) is 16.1 Å². The van der Waals surface area contributed by atoms with Crippen LogP contribution in [-0.4, -0.2) is 27.8 Å². The number of hydrogen-bond acceptors (Lipinski definition) is 4. The summed E-state index contributed by atoms with van der Waals surface area (Å²) >= 11 is 6.36. The number of nitrogens with zero attached hydrogens (tertiary/aromatic N) is 2. The Kier molecular flexibility index (Phi) is 4.46. The Labute approximate surface area is 127 Å². The fourth-order valence-corrected chi connectivity index (χ4v) is 2.72. The summed E-state index contributed by atoms with van der Waals surface area (Å²) < 4.78 is 0. The van der Waals surface area contributed by atoms with Gasteiger partial charge in [-0.05, 0) is 18.6 Å². The molecule has 104 valence electrons. The van der Waals surface area contributed by atoms with Crippen molar-refractivity contribution in [3.05, 3.63) is 51.5 Å². The van der Waals surface area contributed by atoms with Gasteiger partial charge in [0.15, 0.2) is 0 Å². The van der Waals surface area contributed by atoms with E-state index in [2.05, 4.69) is 4.98 Å². The molecule has 0 radical (unpaired) electrons. The summed E-state index contributed by atoms with van der Waals surface area (Å²) in [5.74, 6) is -0.0312. The minimum Gasteiger partial charge on any atom is -0.389 e. The van der Waals surface area contributed by atoms with E-state index in [1.165, 1.54) is 11.3 Å². The molecule has 0 fully saturated rings. The lowest BCUT2D eigenvalue weighted by Crippen LogP contribution is -2.25. The second-order valence-corrected chi connectivity index (χ2v) is 6.14. The van der Waals surface area contributed by atoms with Gasteiger partial charge in [0.2, 0.25) is 0 Å². The number of rotatable bonds is 4. The van der Waals surface area contributed by atoms with Crippen LogP contribution >= 0.6 is 23.6 Å². The molecule has 0 aliphatic rings. The summed E-state index contributed by atoms with van der Waals surface area (Å²) in [5.41, 5.74) is 7.42. The second-order valence-electron chi connectivity index (χ2n) is 4.47. The molecule has 0 saturated heterocycles. The van der Waals surface area contributed by atoms with Crippen LogP contribution in [-0.2, 0) is 6.54 Å². The number of aromatic nitrogens is 1. The lowest BCUT2D eigenvalue weighted by Gasteiger charge is -2.16. The van der Waals surface area contributed by atoms with Gasteiger partial charge in [0, 0.05) is 19.2 Å². The minimum atomic E-state index is -0.0312. The normalized spacial score (nSPS) is 10.3. The van der Waals surface area contributed by atoms with E-state index in [4.69, 9.17) is 18.0 Å². The van der Waals surface area contributed by atoms with Crippen molar-refractivity contribution in [2.75, 3.05) is 7.05 Å². The molecule has 1 amide bonds. The molecule has 1 heterocycles. The predicted molar refractivity (Wildman–Crippen MR) is 85.0 cm³/mol. The summed E-state index contributed by atoms with van der Waals surface area (Å²) in [6, 6.07) is 7.60. The first-order chi connectivity index (χ1) is 9.47. The number of thiazole rings is 1. The zero-order chi connectivity index (χ0) is 14.7. The summed E-state index contributed by atoms with van der Waals surface area (Å²) in [6.45, 7) is 2.39. The molecular weight excluding hydrogens is 290 g/mol. The molecule has 0 aliphatic carbocycles. The molecule has 6 heteroatoms. The van der Waals surface area contributed by atoms with Crippen LogP contribution in [0, 0.1) is 6.92 Å². The maximum absolute atomic E-state index is 12.2. The first-order valence-corrected chi connectivity index (χ1v) is 7.26. The summed E-state index contributed by atoms with van der Waals surface area (Å²) in [4.78, 5) is 19.0. The van der Waals surface area contributed by atoms with Crippen molar-refractivity contribution in [2.24, 2.45) is 5.73 Å². The van der Waals surface area contributed by atoms with Crippen LogP contribution in [0.5, 0.6) is 0 Å². The first kappa shape index (κ1) is 14.6. The van der Waals surface area contributed by atoms with E-state index in [9.17, 15) is 4.79 Å². The van der Waals surface area contributed by atoms with Crippen LogP contribution < -0.4 is 5.73 Å². The number of hydrogen-bond donors (Lipinski definition) is 1. The number of carbonyl (C=O) groups excluding carboxylic acids is 1. The maximum Gasteiger partial charge on any atom is 0.265 e. The Morgan fingerprint density at radius 1 is 1.50 bits per heavy atom. The van der Waals surface area contributed by atoms with Gasteiger partial charge >= 0.3 is 0 Å². The Bertz CT molecular complexity index is 651.